The van der Waals surface area contributed by atoms with Crippen LogP contribution < -0.4 is 10.5 Å². The summed E-state index contributed by atoms with van der Waals surface area (Å²) in [4.78, 5) is 0. The number of hydrogen-bond acceptors (Lipinski definition) is 3. The normalized spacial score (nSPS) is 11.8. The lowest BCUT2D eigenvalue weighted by Crippen LogP contribution is -2.35. The van der Waals surface area contributed by atoms with Gasteiger partial charge >= 0.3 is 10.2 Å². The lowest BCUT2D eigenvalue weighted by atomic mass is 10.3. The maximum Gasteiger partial charge on any atom is 0.301 e. The maximum atomic E-state index is 11.9. The fourth-order valence-electron chi connectivity index (χ4n) is 1.38. The molecule has 5 nitrogen and oxygen atoms in total. The summed E-state index contributed by atoms with van der Waals surface area (Å²) in [6.45, 7) is 4.38. The van der Waals surface area contributed by atoms with E-state index in [1.807, 2.05) is 0 Å². The Morgan fingerprint density at radius 3 is 2.41 bits per heavy atom. The minimum absolute atomic E-state index is 0.339. The van der Waals surface area contributed by atoms with Gasteiger partial charge < -0.3 is 5.73 Å². The van der Waals surface area contributed by atoms with Crippen molar-refractivity contribution in [2.75, 3.05) is 23.5 Å². The van der Waals surface area contributed by atoms with E-state index >= 15 is 0 Å². The highest BCUT2D eigenvalue weighted by molar-refractivity contribution is 7.90. The van der Waals surface area contributed by atoms with Gasteiger partial charge in [-0.25, -0.2) is 0 Å². The van der Waals surface area contributed by atoms with E-state index < -0.39 is 10.2 Å². The van der Waals surface area contributed by atoms with Crippen LogP contribution in [0.1, 0.15) is 13.8 Å². The highest BCUT2D eigenvalue weighted by Gasteiger charge is 2.18. The summed E-state index contributed by atoms with van der Waals surface area (Å²) in [5.41, 5.74) is 6.34. The van der Waals surface area contributed by atoms with Crippen LogP contribution in [0.3, 0.4) is 0 Å². The van der Waals surface area contributed by atoms with Gasteiger partial charge in [0, 0.05) is 13.1 Å². The molecule has 0 saturated carbocycles. The van der Waals surface area contributed by atoms with Crippen molar-refractivity contribution in [3.05, 3.63) is 23.2 Å². The van der Waals surface area contributed by atoms with E-state index in [-0.39, 0.29) is 0 Å². The summed E-state index contributed by atoms with van der Waals surface area (Å²) < 4.78 is 27.6. The number of nitrogens with one attached hydrogen (secondary N) is 1. The van der Waals surface area contributed by atoms with E-state index in [2.05, 4.69) is 4.72 Å². The number of anilines is 2. The van der Waals surface area contributed by atoms with Gasteiger partial charge in [0.1, 0.15) is 0 Å². The fraction of sp³-hybridized carbons (Fsp3) is 0.400. The molecule has 0 saturated heterocycles. The molecule has 1 aromatic rings. The van der Waals surface area contributed by atoms with Crippen LogP contribution in [0.15, 0.2) is 18.2 Å². The second kappa shape index (κ2) is 5.57. The summed E-state index contributed by atoms with van der Waals surface area (Å²) in [5, 5.41) is 0.399. The summed E-state index contributed by atoms with van der Waals surface area (Å²) in [6.07, 6.45) is 0. The number of nitrogens with two attached hydrogens (primary N) is 1. The molecule has 96 valence electrons. The zero-order chi connectivity index (χ0) is 13.1. The zero-order valence-corrected chi connectivity index (χ0v) is 11.3. The fourth-order valence-corrected chi connectivity index (χ4v) is 2.74. The summed E-state index contributed by atoms with van der Waals surface area (Å²) >= 11 is 5.76. The van der Waals surface area contributed by atoms with Crippen molar-refractivity contribution in [2.45, 2.75) is 13.8 Å². The maximum absolute atomic E-state index is 11.9. The lowest BCUT2D eigenvalue weighted by molar-refractivity contribution is 0.449. The molecule has 3 N–H and O–H groups in total. The number of rotatable bonds is 5. The molecule has 0 heterocycles. The number of nitrogens with zero attached hydrogens (tertiary/aromatic N) is 1. The first kappa shape index (κ1) is 14.1. The molecule has 0 bridgehead atoms. The molecule has 0 fully saturated rings. The molecule has 0 aliphatic carbocycles. The molecule has 17 heavy (non-hydrogen) atoms. The van der Waals surface area contributed by atoms with Crippen LogP contribution in [0, 0.1) is 0 Å². The topological polar surface area (TPSA) is 75.4 Å². The predicted octanol–water partition coefficient (Wildman–Crippen LogP) is 1.92. The molecule has 7 heteroatoms. The number of halogens is 1. The lowest BCUT2D eigenvalue weighted by Gasteiger charge is -2.19. The van der Waals surface area contributed by atoms with Gasteiger partial charge in [-0.1, -0.05) is 25.4 Å². The van der Waals surface area contributed by atoms with Gasteiger partial charge in [-0.05, 0) is 18.2 Å². The van der Waals surface area contributed by atoms with Crippen LogP contribution in [-0.4, -0.2) is 25.8 Å². The molecular weight excluding hydrogens is 262 g/mol. The SMILES string of the molecule is CCN(CC)S(=O)(=O)Nc1ccc(Cl)c(N)c1. The van der Waals surface area contributed by atoms with E-state index in [0.29, 0.717) is 29.5 Å². The van der Waals surface area contributed by atoms with Crippen molar-refractivity contribution in [3.8, 4) is 0 Å². The monoisotopic (exact) mass is 277 g/mol. The van der Waals surface area contributed by atoms with E-state index in [4.69, 9.17) is 17.3 Å². The number of benzene rings is 1. The third-order valence-corrected chi connectivity index (χ3v) is 4.32. The van der Waals surface area contributed by atoms with Crippen molar-refractivity contribution in [3.63, 3.8) is 0 Å². The molecule has 1 aromatic carbocycles. The van der Waals surface area contributed by atoms with Gasteiger partial charge in [-0.3, -0.25) is 4.72 Å². The van der Waals surface area contributed by atoms with Gasteiger partial charge in [-0.2, -0.15) is 12.7 Å². The van der Waals surface area contributed by atoms with Crippen molar-refractivity contribution in [2.24, 2.45) is 0 Å². The van der Waals surface area contributed by atoms with Crippen molar-refractivity contribution in [1.82, 2.24) is 4.31 Å². The first-order valence-electron chi connectivity index (χ1n) is 5.23. The standard InChI is InChI=1S/C10H16ClN3O2S/c1-3-14(4-2)17(15,16)13-8-5-6-9(11)10(12)7-8/h5-7,13H,3-4,12H2,1-2H3. The Kier molecular flexibility index (Phi) is 4.62. The molecule has 0 atom stereocenters. The third kappa shape index (κ3) is 3.49. The highest BCUT2D eigenvalue weighted by atomic mass is 35.5. The van der Waals surface area contributed by atoms with Gasteiger partial charge in [0.2, 0.25) is 0 Å². The predicted molar refractivity (Wildman–Crippen MR) is 71.3 cm³/mol. The minimum atomic E-state index is -3.52. The first-order valence-corrected chi connectivity index (χ1v) is 7.05. The van der Waals surface area contributed by atoms with Gasteiger partial charge in [0.05, 0.1) is 16.4 Å². The average molecular weight is 278 g/mol. The van der Waals surface area contributed by atoms with E-state index in [1.165, 1.54) is 10.4 Å². The quantitative estimate of drug-likeness (QED) is 0.808. The Morgan fingerprint density at radius 1 is 1.35 bits per heavy atom. The van der Waals surface area contributed by atoms with Crippen LogP contribution >= 0.6 is 11.6 Å². The van der Waals surface area contributed by atoms with Gasteiger partial charge in [-0.15, -0.1) is 0 Å². The number of hydrogen-bond donors (Lipinski definition) is 2. The molecule has 1 rings (SSSR count). The van der Waals surface area contributed by atoms with Crippen LogP contribution in [0.4, 0.5) is 11.4 Å². The summed E-state index contributed by atoms with van der Waals surface area (Å²) in [7, 11) is -3.52. The summed E-state index contributed by atoms with van der Waals surface area (Å²) in [5.74, 6) is 0. The van der Waals surface area contributed by atoms with Crippen LogP contribution in [-0.2, 0) is 10.2 Å². The zero-order valence-electron chi connectivity index (χ0n) is 9.77. The Bertz CT molecular complexity index is 486. The van der Waals surface area contributed by atoms with Crippen molar-refractivity contribution < 1.29 is 8.42 Å². The second-order valence-corrected chi connectivity index (χ2v) is 5.51. The van der Waals surface area contributed by atoms with Crippen LogP contribution in [0.25, 0.3) is 0 Å². The molecule has 0 amide bonds. The molecule has 0 spiro atoms. The second-order valence-electron chi connectivity index (χ2n) is 3.43. The summed E-state index contributed by atoms with van der Waals surface area (Å²) in [6, 6.07) is 4.61. The third-order valence-electron chi connectivity index (χ3n) is 2.29. The van der Waals surface area contributed by atoms with E-state index in [9.17, 15) is 8.42 Å². The number of nitrogen functional groups attached to an aromatic ring is 1. The molecule has 0 radical (unpaired) electrons. The smallest absolute Gasteiger partial charge is 0.301 e. The van der Waals surface area contributed by atoms with E-state index in [0.717, 1.165) is 0 Å². The van der Waals surface area contributed by atoms with Crippen LogP contribution in [0.5, 0.6) is 0 Å². The van der Waals surface area contributed by atoms with Crippen LogP contribution in [0.2, 0.25) is 5.02 Å². The minimum Gasteiger partial charge on any atom is -0.397 e. The molecular formula is C10H16ClN3O2S. The van der Waals surface area contributed by atoms with Crippen molar-refractivity contribution in [1.29, 1.82) is 0 Å². The van der Waals surface area contributed by atoms with Gasteiger partial charge in [0.25, 0.3) is 0 Å². The molecule has 0 aliphatic heterocycles. The average Bonchev–Trinajstić information content (AvgIpc) is 2.24. The van der Waals surface area contributed by atoms with Crippen molar-refractivity contribution >= 4 is 33.2 Å². The largest absolute Gasteiger partial charge is 0.397 e. The van der Waals surface area contributed by atoms with E-state index in [1.54, 1.807) is 26.0 Å². The molecule has 0 aromatic heterocycles. The molecule has 0 aliphatic rings. The Balaban J connectivity index is 2.94. The highest BCUT2D eigenvalue weighted by Crippen LogP contribution is 2.23. The molecule has 0 unspecified atom stereocenters. The van der Waals surface area contributed by atoms with Gasteiger partial charge in [0.15, 0.2) is 0 Å². The first-order chi connectivity index (χ1) is 7.90. The Hall–Kier alpha value is -0.980. The Labute approximate surface area is 107 Å². The Morgan fingerprint density at radius 2 is 1.94 bits per heavy atom.